The summed E-state index contributed by atoms with van der Waals surface area (Å²) < 4.78 is 0. The summed E-state index contributed by atoms with van der Waals surface area (Å²) in [4.78, 5) is 12.3. The van der Waals surface area contributed by atoms with Crippen LogP contribution in [-0.2, 0) is 4.79 Å². The highest BCUT2D eigenvalue weighted by molar-refractivity contribution is 8.00. The van der Waals surface area contributed by atoms with E-state index in [2.05, 4.69) is 5.32 Å². The quantitative estimate of drug-likeness (QED) is 0.806. The number of benzene rings is 1. The third kappa shape index (κ3) is 4.58. The van der Waals surface area contributed by atoms with Crippen molar-refractivity contribution in [2.45, 2.75) is 18.2 Å². The fourth-order valence-corrected chi connectivity index (χ4v) is 2.09. The van der Waals surface area contributed by atoms with Gasteiger partial charge in [0.1, 0.15) is 0 Å². The molecule has 0 spiro atoms. The molecule has 82 valence electrons. The predicted molar refractivity (Wildman–Crippen MR) is 65.5 cm³/mol. The first-order valence-corrected chi connectivity index (χ1v) is 6.24. The van der Waals surface area contributed by atoms with Crippen molar-refractivity contribution in [3.05, 3.63) is 29.3 Å². The molecule has 15 heavy (non-hydrogen) atoms. The molecule has 1 aromatic rings. The first-order chi connectivity index (χ1) is 7.24. The van der Waals surface area contributed by atoms with Crippen LogP contribution in [0.5, 0.6) is 0 Å². The van der Waals surface area contributed by atoms with Crippen LogP contribution in [0.3, 0.4) is 0 Å². The van der Waals surface area contributed by atoms with Crippen molar-refractivity contribution in [2.24, 2.45) is 0 Å². The molecule has 0 saturated heterocycles. The first kappa shape index (κ1) is 12.4. The average molecular weight is 244 g/mol. The highest BCUT2D eigenvalue weighted by atomic mass is 35.5. The van der Waals surface area contributed by atoms with Crippen LogP contribution < -0.4 is 5.32 Å². The van der Waals surface area contributed by atoms with Gasteiger partial charge in [0.15, 0.2) is 0 Å². The number of carbonyl (C=O) groups is 1. The van der Waals surface area contributed by atoms with E-state index in [1.54, 1.807) is 0 Å². The summed E-state index contributed by atoms with van der Waals surface area (Å²) in [5.41, 5.74) is 0. The third-order valence-corrected chi connectivity index (χ3v) is 3.28. The van der Waals surface area contributed by atoms with E-state index >= 15 is 0 Å². The van der Waals surface area contributed by atoms with E-state index < -0.39 is 0 Å². The van der Waals surface area contributed by atoms with Gasteiger partial charge >= 0.3 is 0 Å². The van der Waals surface area contributed by atoms with Gasteiger partial charge in [0.05, 0.1) is 10.8 Å². The van der Waals surface area contributed by atoms with Crippen molar-refractivity contribution in [2.75, 3.05) is 12.3 Å². The van der Waals surface area contributed by atoms with Crippen LogP contribution >= 0.6 is 23.4 Å². The van der Waals surface area contributed by atoms with Crippen LogP contribution in [0.15, 0.2) is 29.2 Å². The second kappa shape index (κ2) is 6.75. The summed E-state index contributed by atoms with van der Waals surface area (Å²) >= 11 is 7.42. The summed E-state index contributed by atoms with van der Waals surface area (Å²) in [7, 11) is 0. The maximum atomic E-state index is 11.3. The molecule has 1 amide bonds. The fourth-order valence-electron chi connectivity index (χ4n) is 1.02. The summed E-state index contributed by atoms with van der Waals surface area (Å²) in [6, 6.07) is 7.54. The SMILES string of the molecule is CCCNC(=O)CSc1ccccc1Cl. The van der Waals surface area contributed by atoms with Gasteiger partial charge in [-0.15, -0.1) is 11.8 Å². The van der Waals surface area contributed by atoms with Gasteiger partial charge in [-0.1, -0.05) is 30.7 Å². The fraction of sp³-hybridized carbons (Fsp3) is 0.364. The minimum Gasteiger partial charge on any atom is -0.355 e. The smallest absolute Gasteiger partial charge is 0.230 e. The maximum absolute atomic E-state index is 11.3. The van der Waals surface area contributed by atoms with Gasteiger partial charge in [-0.25, -0.2) is 0 Å². The molecule has 0 aliphatic carbocycles. The Bertz CT molecular complexity index is 330. The summed E-state index contributed by atoms with van der Waals surface area (Å²) in [6.45, 7) is 2.77. The highest BCUT2D eigenvalue weighted by Crippen LogP contribution is 2.26. The van der Waals surface area contributed by atoms with E-state index in [4.69, 9.17) is 11.6 Å². The Hall–Kier alpha value is -0.670. The van der Waals surface area contributed by atoms with Crippen molar-refractivity contribution in [1.82, 2.24) is 5.32 Å². The molecule has 0 unspecified atom stereocenters. The molecule has 4 heteroatoms. The second-order valence-electron chi connectivity index (χ2n) is 3.07. The highest BCUT2D eigenvalue weighted by Gasteiger charge is 2.03. The Morgan fingerprint density at radius 3 is 2.87 bits per heavy atom. The standard InChI is InChI=1S/C11H14ClNOS/c1-2-7-13-11(14)8-15-10-6-4-3-5-9(10)12/h3-6H,2,7-8H2,1H3,(H,13,14). The molecule has 0 aromatic heterocycles. The molecule has 0 heterocycles. The number of hydrogen-bond donors (Lipinski definition) is 1. The monoisotopic (exact) mass is 243 g/mol. The Labute approximate surface area is 99.4 Å². The molecule has 0 fully saturated rings. The molecule has 1 aromatic carbocycles. The summed E-state index contributed by atoms with van der Waals surface area (Å²) in [6.07, 6.45) is 0.961. The van der Waals surface area contributed by atoms with E-state index in [1.807, 2.05) is 31.2 Å². The van der Waals surface area contributed by atoms with Crippen LogP contribution in [0.2, 0.25) is 5.02 Å². The van der Waals surface area contributed by atoms with E-state index in [9.17, 15) is 4.79 Å². The van der Waals surface area contributed by atoms with Crippen molar-refractivity contribution in [3.8, 4) is 0 Å². The Balaban J connectivity index is 2.37. The van der Waals surface area contributed by atoms with E-state index in [0.29, 0.717) is 10.8 Å². The molecule has 0 atom stereocenters. The first-order valence-electron chi connectivity index (χ1n) is 4.88. The van der Waals surface area contributed by atoms with Crippen molar-refractivity contribution < 1.29 is 4.79 Å². The lowest BCUT2D eigenvalue weighted by Gasteiger charge is -2.04. The summed E-state index contributed by atoms with van der Waals surface area (Å²) in [5.74, 6) is 0.478. The summed E-state index contributed by atoms with van der Waals surface area (Å²) in [5, 5.41) is 3.52. The lowest BCUT2D eigenvalue weighted by atomic mass is 10.4. The lowest BCUT2D eigenvalue weighted by Crippen LogP contribution is -2.25. The van der Waals surface area contributed by atoms with Crippen molar-refractivity contribution in [1.29, 1.82) is 0 Å². The molecule has 0 bridgehead atoms. The number of thioether (sulfide) groups is 1. The van der Waals surface area contributed by atoms with Gasteiger partial charge in [0.2, 0.25) is 5.91 Å². The Morgan fingerprint density at radius 1 is 1.47 bits per heavy atom. The van der Waals surface area contributed by atoms with Gasteiger partial charge < -0.3 is 5.32 Å². The largest absolute Gasteiger partial charge is 0.355 e. The average Bonchev–Trinajstić information content (AvgIpc) is 2.25. The van der Waals surface area contributed by atoms with E-state index in [0.717, 1.165) is 17.9 Å². The van der Waals surface area contributed by atoms with Gasteiger partial charge in [0, 0.05) is 11.4 Å². The zero-order valence-electron chi connectivity index (χ0n) is 8.63. The van der Waals surface area contributed by atoms with E-state index in [1.165, 1.54) is 11.8 Å². The Kier molecular flexibility index (Phi) is 5.58. The molecule has 0 radical (unpaired) electrons. The van der Waals surface area contributed by atoms with Crippen LogP contribution in [0, 0.1) is 0 Å². The van der Waals surface area contributed by atoms with Gasteiger partial charge in [0.25, 0.3) is 0 Å². The van der Waals surface area contributed by atoms with Gasteiger partial charge in [-0.3, -0.25) is 4.79 Å². The predicted octanol–water partition coefficient (Wildman–Crippen LogP) is 2.96. The molecule has 2 nitrogen and oxygen atoms in total. The van der Waals surface area contributed by atoms with Crippen LogP contribution in [0.4, 0.5) is 0 Å². The molecule has 1 rings (SSSR count). The number of amides is 1. The number of hydrogen-bond acceptors (Lipinski definition) is 2. The molecule has 0 aliphatic rings. The molecule has 1 N–H and O–H groups in total. The topological polar surface area (TPSA) is 29.1 Å². The third-order valence-electron chi connectivity index (χ3n) is 1.77. The lowest BCUT2D eigenvalue weighted by molar-refractivity contribution is -0.118. The van der Waals surface area contributed by atoms with Crippen LogP contribution in [-0.4, -0.2) is 18.2 Å². The normalized spacial score (nSPS) is 10.0. The molecular weight excluding hydrogens is 230 g/mol. The molecular formula is C11H14ClNOS. The van der Waals surface area contributed by atoms with Gasteiger partial charge in [-0.05, 0) is 18.6 Å². The number of halogens is 1. The molecule has 0 saturated carbocycles. The Morgan fingerprint density at radius 2 is 2.20 bits per heavy atom. The van der Waals surface area contributed by atoms with Crippen LogP contribution in [0.25, 0.3) is 0 Å². The van der Waals surface area contributed by atoms with Crippen molar-refractivity contribution in [3.63, 3.8) is 0 Å². The van der Waals surface area contributed by atoms with Crippen LogP contribution in [0.1, 0.15) is 13.3 Å². The zero-order valence-corrected chi connectivity index (χ0v) is 10.2. The van der Waals surface area contributed by atoms with E-state index in [-0.39, 0.29) is 5.91 Å². The van der Waals surface area contributed by atoms with Gasteiger partial charge in [-0.2, -0.15) is 0 Å². The maximum Gasteiger partial charge on any atom is 0.230 e. The number of rotatable bonds is 5. The molecule has 0 aliphatic heterocycles. The zero-order chi connectivity index (χ0) is 11.1. The number of nitrogens with one attached hydrogen (secondary N) is 1. The second-order valence-corrected chi connectivity index (χ2v) is 4.49. The minimum atomic E-state index is 0.0572. The minimum absolute atomic E-state index is 0.0572. The number of carbonyl (C=O) groups excluding carboxylic acids is 1. The van der Waals surface area contributed by atoms with Crippen molar-refractivity contribution >= 4 is 29.3 Å².